The van der Waals surface area contributed by atoms with Crippen molar-refractivity contribution in [1.82, 2.24) is 9.97 Å². The molecule has 5 nitrogen and oxygen atoms in total. The summed E-state index contributed by atoms with van der Waals surface area (Å²) in [6.45, 7) is 6.14. The predicted octanol–water partition coefficient (Wildman–Crippen LogP) is 3.21. The second-order valence-electron chi connectivity index (χ2n) is 6.15. The number of nitrogens with zero attached hydrogens (tertiary/aromatic N) is 4. The number of rotatable bonds is 3. The molecule has 1 aliphatic heterocycles. The lowest BCUT2D eigenvalue weighted by molar-refractivity contribution is 0.659. The maximum absolute atomic E-state index is 9.54. The van der Waals surface area contributed by atoms with Crippen molar-refractivity contribution < 1.29 is 0 Å². The highest BCUT2D eigenvalue weighted by Gasteiger charge is 2.22. The quantitative estimate of drug-likeness (QED) is 0.943. The van der Waals surface area contributed by atoms with Crippen molar-refractivity contribution in [3.8, 4) is 17.2 Å². The molecule has 1 aliphatic rings. The molecular weight excluding hydrogens is 286 g/mol. The fourth-order valence-electron chi connectivity index (χ4n) is 3.03. The number of pyridine rings is 2. The topological polar surface area (TPSA) is 64.8 Å². The molecule has 118 valence electrons. The molecule has 5 heteroatoms. The second kappa shape index (κ2) is 6.25. The summed E-state index contributed by atoms with van der Waals surface area (Å²) < 4.78 is 0. The number of nitriles is 1. The summed E-state index contributed by atoms with van der Waals surface area (Å²) in [5.74, 6) is 1.46. The molecule has 2 aromatic heterocycles. The second-order valence-corrected chi connectivity index (χ2v) is 6.15. The molecule has 1 fully saturated rings. The van der Waals surface area contributed by atoms with E-state index in [1.54, 1.807) is 6.20 Å². The van der Waals surface area contributed by atoms with Crippen LogP contribution in [0.15, 0.2) is 24.5 Å². The van der Waals surface area contributed by atoms with Gasteiger partial charge in [-0.15, -0.1) is 0 Å². The maximum Gasteiger partial charge on any atom is 0.146 e. The van der Waals surface area contributed by atoms with Gasteiger partial charge in [-0.1, -0.05) is 6.92 Å². The van der Waals surface area contributed by atoms with E-state index in [2.05, 4.69) is 33.2 Å². The standard InChI is InChI=1S/C18H21N5/c1-12-4-5-23(11-12)18-14(8-19)6-15(9-22-18)17-7-16(20-3)10-21-13(17)2/h6-7,9-10,12,20H,4-5,11H2,1-3H3. The van der Waals surface area contributed by atoms with Crippen molar-refractivity contribution in [3.63, 3.8) is 0 Å². The van der Waals surface area contributed by atoms with Crippen LogP contribution in [0, 0.1) is 24.2 Å². The first-order valence-electron chi connectivity index (χ1n) is 7.92. The van der Waals surface area contributed by atoms with Crippen LogP contribution < -0.4 is 10.2 Å². The van der Waals surface area contributed by atoms with Crippen molar-refractivity contribution in [1.29, 1.82) is 5.26 Å². The van der Waals surface area contributed by atoms with Crippen LogP contribution in [0.2, 0.25) is 0 Å². The van der Waals surface area contributed by atoms with Crippen LogP contribution >= 0.6 is 0 Å². The summed E-state index contributed by atoms with van der Waals surface area (Å²) >= 11 is 0. The Morgan fingerprint density at radius 3 is 2.78 bits per heavy atom. The van der Waals surface area contributed by atoms with Crippen LogP contribution in [0.5, 0.6) is 0 Å². The number of nitrogens with one attached hydrogen (secondary N) is 1. The van der Waals surface area contributed by atoms with Gasteiger partial charge in [0, 0.05) is 43.2 Å². The van der Waals surface area contributed by atoms with Gasteiger partial charge in [-0.05, 0) is 31.4 Å². The van der Waals surface area contributed by atoms with Gasteiger partial charge in [-0.3, -0.25) is 4.98 Å². The third-order valence-electron chi connectivity index (χ3n) is 4.40. The average Bonchev–Trinajstić information content (AvgIpc) is 3.01. The van der Waals surface area contributed by atoms with E-state index in [4.69, 9.17) is 0 Å². The molecule has 0 aromatic carbocycles. The number of hydrogen-bond acceptors (Lipinski definition) is 5. The highest BCUT2D eigenvalue weighted by Crippen LogP contribution is 2.30. The van der Waals surface area contributed by atoms with Crippen LogP contribution in [0.25, 0.3) is 11.1 Å². The predicted molar refractivity (Wildman–Crippen MR) is 92.5 cm³/mol. The Morgan fingerprint density at radius 2 is 2.13 bits per heavy atom. The third-order valence-corrected chi connectivity index (χ3v) is 4.40. The van der Waals surface area contributed by atoms with Crippen LogP contribution in [-0.2, 0) is 0 Å². The van der Waals surface area contributed by atoms with Crippen molar-refractivity contribution in [2.45, 2.75) is 20.3 Å². The van der Waals surface area contributed by atoms with Gasteiger partial charge in [-0.2, -0.15) is 5.26 Å². The normalized spacial score (nSPS) is 17.1. The molecule has 0 spiro atoms. The molecule has 0 radical (unpaired) electrons. The van der Waals surface area contributed by atoms with Gasteiger partial charge in [0.15, 0.2) is 0 Å². The van der Waals surface area contributed by atoms with Gasteiger partial charge in [0.05, 0.1) is 17.4 Å². The molecule has 1 N–H and O–H groups in total. The minimum Gasteiger partial charge on any atom is -0.387 e. The number of anilines is 2. The Morgan fingerprint density at radius 1 is 1.30 bits per heavy atom. The fourth-order valence-corrected chi connectivity index (χ4v) is 3.03. The van der Waals surface area contributed by atoms with Gasteiger partial charge in [0.2, 0.25) is 0 Å². The molecule has 0 bridgehead atoms. The molecule has 0 saturated carbocycles. The van der Waals surface area contributed by atoms with Gasteiger partial charge in [-0.25, -0.2) is 4.98 Å². The van der Waals surface area contributed by atoms with Crippen LogP contribution in [0.4, 0.5) is 11.5 Å². The molecular formula is C18H21N5. The Balaban J connectivity index is 2.01. The van der Waals surface area contributed by atoms with Crippen LogP contribution in [0.3, 0.4) is 0 Å². The van der Waals surface area contributed by atoms with E-state index in [1.165, 1.54) is 0 Å². The molecule has 1 saturated heterocycles. The van der Waals surface area contributed by atoms with Crippen molar-refractivity contribution in [2.24, 2.45) is 5.92 Å². The minimum absolute atomic E-state index is 0.630. The van der Waals surface area contributed by atoms with E-state index in [9.17, 15) is 5.26 Å². The van der Waals surface area contributed by atoms with Crippen molar-refractivity contribution in [3.05, 3.63) is 35.8 Å². The zero-order chi connectivity index (χ0) is 16.4. The molecule has 2 aromatic rings. The summed E-state index contributed by atoms with van der Waals surface area (Å²) in [6, 6.07) is 6.27. The Hall–Kier alpha value is -2.61. The Kier molecular flexibility index (Phi) is 4.16. The van der Waals surface area contributed by atoms with Gasteiger partial charge < -0.3 is 10.2 Å². The van der Waals surface area contributed by atoms with Crippen LogP contribution in [0.1, 0.15) is 24.6 Å². The summed E-state index contributed by atoms with van der Waals surface area (Å²) in [5.41, 5.74) is 4.44. The summed E-state index contributed by atoms with van der Waals surface area (Å²) in [6.07, 6.45) is 4.81. The zero-order valence-corrected chi connectivity index (χ0v) is 13.8. The van der Waals surface area contributed by atoms with E-state index >= 15 is 0 Å². The SMILES string of the molecule is CNc1cnc(C)c(-c2cnc(N3CCC(C)C3)c(C#N)c2)c1. The van der Waals surface area contributed by atoms with Gasteiger partial charge >= 0.3 is 0 Å². The highest BCUT2D eigenvalue weighted by atomic mass is 15.2. The largest absolute Gasteiger partial charge is 0.387 e. The van der Waals surface area contributed by atoms with E-state index in [0.717, 1.165) is 47.8 Å². The first-order chi connectivity index (χ1) is 11.1. The van der Waals surface area contributed by atoms with Crippen LogP contribution in [-0.4, -0.2) is 30.1 Å². The molecule has 0 aliphatic carbocycles. The maximum atomic E-state index is 9.54. The van der Waals surface area contributed by atoms with E-state index in [-0.39, 0.29) is 0 Å². The monoisotopic (exact) mass is 307 g/mol. The Bertz CT molecular complexity index is 762. The van der Waals surface area contributed by atoms with Crippen molar-refractivity contribution in [2.75, 3.05) is 30.4 Å². The number of aryl methyl sites for hydroxylation is 1. The fraction of sp³-hybridized carbons (Fsp3) is 0.389. The van der Waals surface area contributed by atoms with E-state index in [1.807, 2.05) is 32.3 Å². The number of hydrogen-bond donors (Lipinski definition) is 1. The average molecular weight is 307 g/mol. The first-order valence-corrected chi connectivity index (χ1v) is 7.92. The van der Waals surface area contributed by atoms with Gasteiger partial charge in [0.1, 0.15) is 11.9 Å². The first kappa shape index (κ1) is 15.3. The molecule has 3 rings (SSSR count). The zero-order valence-electron chi connectivity index (χ0n) is 13.8. The molecule has 0 amide bonds. The number of aromatic nitrogens is 2. The lowest BCUT2D eigenvalue weighted by Crippen LogP contribution is -2.21. The van der Waals surface area contributed by atoms with Gasteiger partial charge in [0.25, 0.3) is 0 Å². The molecule has 23 heavy (non-hydrogen) atoms. The lowest BCUT2D eigenvalue weighted by Gasteiger charge is -2.19. The third kappa shape index (κ3) is 2.98. The summed E-state index contributed by atoms with van der Waals surface area (Å²) in [7, 11) is 1.87. The molecule has 1 unspecified atom stereocenters. The van der Waals surface area contributed by atoms with Crippen molar-refractivity contribution >= 4 is 11.5 Å². The minimum atomic E-state index is 0.630. The summed E-state index contributed by atoms with van der Waals surface area (Å²) in [4.78, 5) is 11.2. The van der Waals surface area contributed by atoms with E-state index in [0.29, 0.717) is 11.5 Å². The Labute approximate surface area is 137 Å². The summed E-state index contributed by atoms with van der Waals surface area (Å²) in [5, 5.41) is 12.6. The van der Waals surface area contributed by atoms with E-state index < -0.39 is 0 Å². The lowest BCUT2D eigenvalue weighted by atomic mass is 10.0. The molecule has 3 heterocycles. The highest BCUT2D eigenvalue weighted by molar-refractivity contribution is 5.72. The smallest absolute Gasteiger partial charge is 0.146 e. The molecule has 1 atom stereocenters.